The van der Waals surface area contributed by atoms with Gasteiger partial charge in [-0.1, -0.05) is 12.8 Å². The Morgan fingerprint density at radius 2 is 2.16 bits per heavy atom. The van der Waals surface area contributed by atoms with E-state index < -0.39 is 0 Å². The summed E-state index contributed by atoms with van der Waals surface area (Å²) < 4.78 is 11.1. The second-order valence-corrected chi connectivity index (χ2v) is 5.78. The minimum Gasteiger partial charge on any atom is -0.466 e. The smallest absolute Gasteiger partial charge is 0.305 e. The van der Waals surface area contributed by atoms with Crippen LogP contribution < -0.4 is 5.32 Å². The lowest BCUT2D eigenvalue weighted by molar-refractivity contribution is -0.143. The highest BCUT2D eigenvalue weighted by molar-refractivity contribution is 5.69. The van der Waals surface area contributed by atoms with Crippen molar-refractivity contribution < 1.29 is 14.3 Å². The van der Waals surface area contributed by atoms with Crippen molar-refractivity contribution in [1.82, 2.24) is 5.32 Å². The van der Waals surface area contributed by atoms with Gasteiger partial charge in [-0.3, -0.25) is 4.79 Å². The molecule has 110 valence electrons. The molecule has 0 bridgehead atoms. The van der Waals surface area contributed by atoms with Gasteiger partial charge >= 0.3 is 5.97 Å². The van der Waals surface area contributed by atoms with Crippen molar-refractivity contribution in [2.45, 2.75) is 70.0 Å². The number of carbonyl (C=O) groups excluding carboxylic acids is 1. The fraction of sp³-hybridized carbons (Fsp3) is 0.933. The van der Waals surface area contributed by atoms with Gasteiger partial charge in [-0.2, -0.15) is 0 Å². The second kappa shape index (κ2) is 7.25. The van der Waals surface area contributed by atoms with Crippen LogP contribution in [0.25, 0.3) is 0 Å². The molecule has 4 heteroatoms. The molecule has 1 atom stereocenters. The highest BCUT2D eigenvalue weighted by Crippen LogP contribution is 2.43. The van der Waals surface area contributed by atoms with Crippen molar-refractivity contribution in [3.63, 3.8) is 0 Å². The molecule has 0 aromatic heterocycles. The summed E-state index contributed by atoms with van der Waals surface area (Å²) in [5, 5.41) is 3.40. The molecule has 0 aromatic carbocycles. The molecule has 2 aliphatic rings. The standard InChI is InChI=1S/C15H27NO3/c1-2-18-14(17)6-5-11-16-12-13-7-10-15(19-13)8-3-4-9-15/h13,16H,2-12H2,1H3. The zero-order valence-electron chi connectivity index (χ0n) is 12.1. The first-order chi connectivity index (χ1) is 9.24. The number of rotatable bonds is 7. The van der Waals surface area contributed by atoms with Crippen molar-refractivity contribution in [2.24, 2.45) is 0 Å². The first-order valence-corrected chi connectivity index (χ1v) is 7.78. The van der Waals surface area contributed by atoms with Crippen molar-refractivity contribution in [3.05, 3.63) is 0 Å². The van der Waals surface area contributed by atoms with Crippen LogP contribution in [-0.2, 0) is 14.3 Å². The van der Waals surface area contributed by atoms with Crippen molar-refractivity contribution in [3.8, 4) is 0 Å². The van der Waals surface area contributed by atoms with Gasteiger partial charge in [-0.25, -0.2) is 0 Å². The fourth-order valence-corrected chi connectivity index (χ4v) is 3.28. The predicted octanol–water partition coefficient (Wildman–Crippen LogP) is 2.41. The molecule has 0 radical (unpaired) electrons. The van der Waals surface area contributed by atoms with Gasteiger partial charge < -0.3 is 14.8 Å². The molecule has 4 nitrogen and oxygen atoms in total. The molecule has 2 fully saturated rings. The van der Waals surface area contributed by atoms with Crippen LogP contribution in [0.3, 0.4) is 0 Å². The van der Waals surface area contributed by atoms with Crippen LogP contribution in [0.15, 0.2) is 0 Å². The Morgan fingerprint density at radius 3 is 2.89 bits per heavy atom. The van der Waals surface area contributed by atoms with Gasteiger partial charge in [-0.05, 0) is 45.6 Å². The van der Waals surface area contributed by atoms with Crippen molar-refractivity contribution >= 4 is 5.97 Å². The molecule has 1 heterocycles. The number of ether oxygens (including phenoxy) is 2. The third-order valence-corrected chi connectivity index (χ3v) is 4.27. The highest BCUT2D eigenvalue weighted by atomic mass is 16.5. The average Bonchev–Trinajstić information content (AvgIpc) is 3.00. The monoisotopic (exact) mass is 269 g/mol. The molecule has 1 saturated heterocycles. The fourth-order valence-electron chi connectivity index (χ4n) is 3.28. The van der Waals surface area contributed by atoms with Gasteiger partial charge in [-0.15, -0.1) is 0 Å². The minimum absolute atomic E-state index is 0.0914. The van der Waals surface area contributed by atoms with Crippen LogP contribution in [0.2, 0.25) is 0 Å². The molecular weight excluding hydrogens is 242 g/mol. The van der Waals surface area contributed by atoms with Crippen LogP contribution in [0.4, 0.5) is 0 Å². The van der Waals surface area contributed by atoms with Crippen LogP contribution in [0, 0.1) is 0 Å². The highest BCUT2D eigenvalue weighted by Gasteiger charge is 2.41. The molecule has 1 aliphatic carbocycles. The first kappa shape index (κ1) is 14.8. The van der Waals surface area contributed by atoms with Crippen LogP contribution in [0.5, 0.6) is 0 Å². The topological polar surface area (TPSA) is 47.6 Å². The Morgan fingerprint density at radius 1 is 1.37 bits per heavy atom. The van der Waals surface area contributed by atoms with E-state index in [-0.39, 0.29) is 11.6 Å². The van der Waals surface area contributed by atoms with Crippen molar-refractivity contribution in [2.75, 3.05) is 19.7 Å². The number of carbonyl (C=O) groups is 1. The summed E-state index contributed by atoms with van der Waals surface area (Å²) >= 11 is 0. The molecule has 1 aliphatic heterocycles. The summed E-state index contributed by atoms with van der Waals surface area (Å²) in [6, 6.07) is 0. The lowest BCUT2D eigenvalue weighted by atomic mass is 9.98. The Balaban J connectivity index is 1.51. The normalized spacial score (nSPS) is 25.0. The van der Waals surface area contributed by atoms with E-state index in [0.29, 0.717) is 19.1 Å². The number of nitrogens with one attached hydrogen (secondary N) is 1. The summed E-state index contributed by atoms with van der Waals surface area (Å²) in [5.74, 6) is -0.0914. The molecule has 1 unspecified atom stereocenters. The zero-order valence-corrected chi connectivity index (χ0v) is 12.1. The molecule has 1 N–H and O–H groups in total. The zero-order chi connectivity index (χ0) is 13.6. The molecular formula is C15H27NO3. The van der Waals surface area contributed by atoms with E-state index in [2.05, 4.69) is 5.32 Å². The van der Waals surface area contributed by atoms with Gasteiger partial charge in [0, 0.05) is 13.0 Å². The van der Waals surface area contributed by atoms with E-state index in [1.807, 2.05) is 6.92 Å². The summed E-state index contributed by atoms with van der Waals surface area (Å²) in [7, 11) is 0. The predicted molar refractivity (Wildman–Crippen MR) is 74.0 cm³/mol. The van der Waals surface area contributed by atoms with Crippen LogP contribution >= 0.6 is 0 Å². The summed E-state index contributed by atoms with van der Waals surface area (Å²) in [4.78, 5) is 11.2. The Bertz CT molecular complexity index is 287. The molecule has 1 saturated carbocycles. The Hall–Kier alpha value is -0.610. The number of esters is 1. The van der Waals surface area contributed by atoms with Gasteiger partial charge in [0.2, 0.25) is 0 Å². The third-order valence-electron chi connectivity index (χ3n) is 4.27. The van der Waals surface area contributed by atoms with E-state index in [9.17, 15) is 4.79 Å². The number of hydrogen-bond acceptors (Lipinski definition) is 4. The lowest BCUT2D eigenvalue weighted by Gasteiger charge is -2.23. The maximum absolute atomic E-state index is 11.2. The van der Waals surface area contributed by atoms with Gasteiger partial charge in [0.05, 0.1) is 18.3 Å². The first-order valence-electron chi connectivity index (χ1n) is 7.78. The van der Waals surface area contributed by atoms with E-state index >= 15 is 0 Å². The third kappa shape index (κ3) is 4.46. The molecule has 0 amide bonds. The Kier molecular flexibility index (Phi) is 5.64. The lowest BCUT2D eigenvalue weighted by Crippen LogP contribution is -2.31. The van der Waals surface area contributed by atoms with Crippen molar-refractivity contribution in [1.29, 1.82) is 0 Å². The number of hydrogen-bond donors (Lipinski definition) is 1. The van der Waals surface area contributed by atoms with Gasteiger partial charge in [0.25, 0.3) is 0 Å². The molecule has 0 aromatic rings. The Labute approximate surface area is 116 Å². The van der Waals surface area contributed by atoms with Crippen LogP contribution in [-0.4, -0.2) is 37.4 Å². The van der Waals surface area contributed by atoms with E-state index in [1.54, 1.807) is 0 Å². The average molecular weight is 269 g/mol. The summed E-state index contributed by atoms with van der Waals surface area (Å²) in [6.45, 7) is 4.10. The second-order valence-electron chi connectivity index (χ2n) is 5.78. The van der Waals surface area contributed by atoms with Gasteiger partial charge in [0.15, 0.2) is 0 Å². The largest absolute Gasteiger partial charge is 0.466 e. The minimum atomic E-state index is -0.0914. The summed E-state index contributed by atoms with van der Waals surface area (Å²) in [6.07, 6.45) is 9.33. The SMILES string of the molecule is CCOC(=O)CCCNCC1CCC2(CCCC2)O1. The van der Waals surface area contributed by atoms with E-state index in [4.69, 9.17) is 9.47 Å². The molecule has 1 spiro atoms. The maximum atomic E-state index is 11.2. The van der Waals surface area contributed by atoms with Gasteiger partial charge in [0.1, 0.15) is 0 Å². The maximum Gasteiger partial charge on any atom is 0.305 e. The molecule has 19 heavy (non-hydrogen) atoms. The van der Waals surface area contributed by atoms with E-state index in [1.165, 1.54) is 38.5 Å². The molecule has 2 rings (SSSR count). The summed E-state index contributed by atoms with van der Waals surface area (Å²) in [5.41, 5.74) is 0.233. The van der Waals surface area contributed by atoms with E-state index in [0.717, 1.165) is 19.5 Å². The quantitative estimate of drug-likeness (QED) is 0.569. The van der Waals surface area contributed by atoms with Crippen LogP contribution in [0.1, 0.15) is 58.3 Å².